The first-order valence-corrected chi connectivity index (χ1v) is 7.59. The molecule has 1 aromatic rings. The summed E-state index contributed by atoms with van der Waals surface area (Å²) < 4.78 is 14.2. The van der Waals surface area contributed by atoms with Gasteiger partial charge in [0, 0.05) is 0 Å². The minimum atomic E-state index is -0.151. The molecular weight excluding hydrogens is 293 g/mol. The summed E-state index contributed by atoms with van der Waals surface area (Å²) in [6.45, 7) is 1.02. The van der Waals surface area contributed by atoms with E-state index in [0.29, 0.717) is 10.4 Å². The van der Waals surface area contributed by atoms with Crippen LogP contribution < -0.4 is 5.32 Å². The Kier molecular flexibility index (Phi) is 5.19. The first-order chi connectivity index (χ1) is 8.72. The van der Waals surface area contributed by atoms with Crippen LogP contribution in [-0.4, -0.2) is 13.6 Å². The van der Waals surface area contributed by atoms with Gasteiger partial charge in [-0.1, -0.05) is 37.8 Å². The zero-order chi connectivity index (χ0) is 13.0. The molecule has 0 aromatic heterocycles. The molecule has 1 unspecified atom stereocenters. The van der Waals surface area contributed by atoms with Gasteiger partial charge in [0.15, 0.2) is 0 Å². The van der Waals surface area contributed by atoms with Crippen LogP contribution in [0.25, 0.3) is 0 Å². The Balaban J connectivity index is 2.10. The third-order valence-corrected chi connectivity index (χ3v) is 4.93. The number of hydrogen-bond acceptors (Lipinski definition) is 1. The lowest BCUT2D eigenvalue weighted by molar-refractivity contribution is 0.327. The van der Waals surface area contributed by atoms with Gasteiger partial charge in [-0.05, 0) is 59.4 Å². The fourth-order valence-corrected chi connectivity index (χ4v) is 3.51. The zero-order valence-corrected chi connectivity index (χ0v) is 12.5. The van der Waals surface area contributed by atoms with Crippen LogP contribution in [0.4, 0.5) is 4.39 Å². The van der Waals surface area contributed by atoms with E-state index in [9.17, 15) is 4.39 Å². The van der Waals surface area contributed by atoms with Crippen molar-refractivity contribution in [1.29, 1.82) is 0 Å². The summed E-state index contributed by atoms with van der Waals surface area (Å²) in [5.41, 5.74) is 1.10. The number of halogens is 2. The van der Waals surface area contributed by atoms with E-state index < -0.39 is 0 Å². The van der Waals surface area contributed by atoms with Crippen molar-refractivity contribution in [1.82, 2.24) is 5.32 Å². The minimum Gasteiger partial charge on any atom is -0.319 e. The molecule has 0 bridgehead atoms. The Labute approximate surface area is 117 Å². The Morgan fingerprint density at radius 2 is 2.11 bits per heavy atom. The summed E-state index contributed by atoms with van der Waals surface area (Å²) in [5, 5.41) is 3.29. The van der Waals surface area contributed by atoms with Crippen LogP contribution in [0.15, 0.2) is 22.7 Å². The molecule has 0 spiro atoms. The fourth-order valence-electron chi connectivity index (χ4n) is 3.09. The van der Waals surface area contributed by atoms with Crippen molar-refractivity contribution in [3.63, 3.8) is 0 Å². The van der Waals surface area contributed by atoms with E-state index in [2.05, 4.69) is 21.2 Å². The average Bonchev–Trinajstić information content (AvgIpc) is 2.88. The van der Waals surface area contributed by atoms with E-state index in [1.165, 1.54) is 31.7 Å². The zero-order valence-electron chi connectivity index (χ0n) is 10.9. The van der Waals surface area contributed by atoms with E-state index in [1.54, 1.807) is 6.07 Å². The van der Waals surface area contributed by atoms with Gasteiger partial charge in [0.25, 0.3) is 0 Å². The lowest BCUT2D eigenvalue weighted by Crippen LogP contribution is -2.26. The molecule has 1 saturated carbocycles. The van der Waals surface area contributed by atoms with Gasteiger partial charge in [-0.2, -0.15) is 0 Å². The molecule has 0 saturated heterocycles. The third-order valence-electron chi connectivity index (χ3n) is 4.05. The van der Waals surface area contributed by atoms with Crippen molar-refractivity contribution in [3.8, 4) is 0 Å². The summed E-state index contributed by atoms with van der Waals surface area (Å²) in [4.78, 5) is 0. The maximum absolute atomic E-state index is 13.5. The molecule has 0 radical (unpaired) electrons. The highest BCUT2D eigenvalue weighted by Crippen LogP contribution is 2.34. The molecule has 1 aliphatic carbocycles. The smallest absolute Gasteiger partial charge is 0.137 e. The Morgan fingerprint density at radius 3 is 2.78 bits per heavy atom. The maximum atomic E-state index is 13.5. The van der Waals surface area contributed by atoms with Crippen molar-refractivity contribution >= 4 is 15.9 Å². The molecule has 3 heteroatoms. The van der Waals surface area contributed by atoms with Gasteiger partial charge in [0.1, 0.15) is 5.82 Å². The first kappa shape index (κ1) is 14.0. The maximum Gasteiger partial charge on any atom is 0.137 e. The van der Waals surface area contributed by atoms with Crippen LogP contribution >= 0.6 is 15.9 Å². The van der Waals surface area contributed by atoms with Crippen LogP contribution in [0.3, 0.4) is 0 Å². The lowest BCUT2D eigenvalue weighted by atomic mass is 9.85. The molecule has 1 aliphatic rings. The molecule has 100 valence electrons. The van der Waals surface area contributed by atoms with Crippen LogP contribution in [0.2, 0.25) is 0 Å². The van der Waals surface area contributed by atoms with Gasteiger partial charge in [-0.25, -0.2) is 4.39 Å². The van der Waals surface area contributed by atoms with Crippen molar-refractivity contribution in [2.45, 2.75) is 32.1 Å². The van der Waals surface area contributed by atoms with Crippen molar-refractivity contribution in [3.05, 3.63) is 34.1 Å². The Morgan fingerprint density at radius 1 is 1.39 bits per heavy atom. The Bertz CT molecular complexity index is 388. The van der Waals surface area contributed by atoms with Crippen molar-refractivity contribution in [2.75, 3.05) is 13.6 Å². The largest absolute Gasteiger partial charge is 0.319 e. The highest BCUT2D eigenvalue weighted by atomic mass is 79.9. The molecule has 0 amide bonds. The number of hydrogen-bond donors (Lipinski definition) is 1. The van der Waals surface area contributed by atoms with Crippen LogP contribution in [0.5, 0.6) is 0 Å². The molecule has 1 fully saturated rings. The monoisotopic (exact) mass is 313 g/mol. The summed E-state index contributed by atoms with van der Waals surface area (Å²) in [6, 6.07) is 5.35. The molecule has 18 heavy (non-hydrogen) atoms. The number of nitrogens with one attached hydrogen (secondary N) is 1. The predicted molar refractivity (Wildman–Crippen MR) is 77.2 cm³/mol. The molecular formula is C15H21BrFN. The summed E-state index contributed by atoms with van der Waals surface area (Å²) in [6.07, 6.45) is 6.34. The minimum absolute atomic E-state index is 0.151. The third kappa shape index (κ3) is 3.33. The lowest BCUT2D eigenvalue weighted by Gasteiger charge is -2.23. The number of rotatable bonds is 5. The highest BCUT2D eigenvalue weighted by molar-refractivity contribution is 9.10. The molecule has 0 aliphatic heterocycles. The summed E-state index contributed by atoms with van der Waals surface area (Å²) in [5.74, 6) is 1.27. The second kappa shape index (κ2) is 6.67. The number of benzene rings is 1. The quantitative estimate of drug-likeness (QED) is 0.860. The molecule has 1 nitrogen and oxygen atoms in total. The molecule has 1 N–H and O–H groups in total. The first-order valence-electron chi connectivity index (χ1n) is 6.80. The van der Waals surface area contributed by atoms with Crippen molar-refractivity contribution < 1.29 is 4.39 Å². The summed E-state index contributed by atoms with van der Waals surface area (Å²) >= 11 is 3.37. The van der Waals surface area contributed by atoms with Crippen molar-refractivity contribution in [2.24, 2.45) is 11.8 Å². The van der Waals surface area contributed by atoms with Crippen LogP contribution in [0, 0.1) is 17.7 Å². The van der Waals surface area contributed by atoms with Gasteiger partial charge in [0.2, 0.25) is 0 Å². The predicted octanol–water partition coefficient (Wildman–Crippen LogP) is 4.16. The van der Waals surface area contributed by atoms with Gasteiger partial charge in [0.05, 0.1) is 4.47 Å². The highest BCUT2D eigenvalue weighted by Gasteiger charge is 2.25. The van der Waals surface area contributed by atoms with E-state index >= 15 is 0 Å². The van der Waals surface area contributed by atoms with E-state index in [4.69, 9.17) is 0 Å². The van der Waals surface area contributed by atoms with Crippen LogP contribution in [0.1, 0.15) is 31.2 Å². The fraction of sp³-hybridized carbons (Fsp3) is 0.600. The van der Waals surface area contributed by atoms with E-state index in [-0.39, 0.29) is 5.82 Å². The average molecular weight is 314 g/mol. The van der Waals surface area contributed by atoms with E-state index in [1.807, 2.05) is 13.1 Å². The molecule has 1 aromatic carbocycles. The van der Waals surface area contributed by atoms with Gasteiger partial charge in [-0.3, -0.25) is 0 Å². The SMILES string of the molecule is CNCC(Cc1cccc(F)c1Br)C1CCCC1. The van der Waals surface area contributed by atoms with Crippen LogP contribution in [-0.2, 0) is 6.42 Å². The second-order valence-electron chi connectivity index (χ2n) is 5.28. The van der Waals surface area contributed by atoms with Gasteiger partial charge >= 0.3 is 0 Å². The molecule has 0 heterocycles. The molecule has 2 rings (SSSR count). The summed E-state index contributed by atoms with van der Waals surface area (Å²) in [7, 11) is 2.00. The Hall–Kier alpha value is -0.410. The molecule has 1 atom stereocenters. The van der Waals surface area contributed by atoms with Gasteiger partial charge in [-0.15, -0.1) is 0 Å². The van der Waals surface area contributed by atoms with E-state index in [0.717, 1.165) is 24.4 Å². The second-order valence-corrected chi connectivity index (χ2v) is 6.07. The van der Waals surface area contributed by atoms with Gasteiger partial charge < -0.3 is 5.32 Å². The normalized spacial score (nSPS) is 18.2. The topological polar surface area (TPSA) is 12.0 Å². The standard InChI is InChI=1S/C15H21BrFN/c1-18-10-13(11-5-2-3-6-11)9-12-7-4-8-14(17)15(12)16/h4,7-8,11,13,18H,2-3,5-6,9-10H2,1H3.